The molecule has 5 heteroatoms. The summed E-state index contributed by atoms with van der Waals surface area (Å²) in [7, 11) is 1.77. The highest BCUT2D eigenvalue weighted by atomic mass is 16.5. The third kappa shape index (κ3) is 4.42. The van der Waals surface area contributed by atoms with Crippen molar-refractivity contribution in [1.29, 1.82) is 0 Å². The highest BCUT2D eigenvalue weighted by Crippen LogP contribution is 2.33. The SMILES string of the molecule is CC(=O)N1C=Cc2ccccc2[C@@H]1CC(=O)N(C)CCOc1ccccc1C. The van der Waals surface area contributed by atoms with Crippen molar-refractivity contribution in [3.05, 3.63) is 71.4 Å². The molecule has 0 spiro atoms. The van der Waals surface area contributed by atoms with Crippen LogP contribution in [0.2, 0.25) is 0 Å². The molecule has 0 aromatic heterocycles. The lowest BCUT2D eigenvalue weighted by Crippen LogP contribution is -2.37. The van der Waals surface area contributed by atoms with E-state index in [0.29, 0.717) is 13.2 Å². The number of carbonyl (C=O) groups excluding carboxylic acids is 2. The lowest BCUT2D eigenvalue weighted by Gasteiger charge is -2.33. The fourth-order valence-corrected chi connectivity index (χ4v) is 3.37. The molecule has 3 rings (SSSR count). The molecule has 2 aromatic carbocycles. The lowest BCUT2D eigenvalue weighted by atomic mass is 9.93. The standard InChI is InChI=1S/C23H26N2O3/c1-17-8-4-7-11-22(17)28-15-14-24(3)23(27)16-21-20-10-6-5-9-19(20)12-13-25(21)18(2)26/h4-13,21H,14-16H2,1-3H3/t21-/m0/s1. The monoisotopic (exact) mass is 378 g/mol. The second-order valence-electron chi connectivity index (χ2n) is 7.02. The number of fused-ring (bicyclic) bond motifs is 1. The molecule has 0 saturated carbocycles. The third-order valence-corrected chi connectivity index (χ3v) is 5.04. The normalized spacial score (nSPS) is 15.1. The van der Waals surface area contributed by atoms with Crippen LogP contribution in [0.1, 0.15) is 36.1 Å². The summed E-state index contributed by atoms with van der Waals surface area (Å²) < 4.78 is 5.79. The van der Waals surface area contributed by atoms with Gasteiger partial charge in [0.05, 0.1) is 19.0 Å². The molecule has 0 aliphatic carbocycles. The number of para-hydroxylation sites is 1. The van der Waals surface area contributed by atoms with Crippen molar-refractivity contribution in [2.45, 2.75) is 26.3 Å². The number of hydrogen-bond acceptors (Lipinski definition) is 3. The topological polar surface area (TPSA) is 49.9 Å². The van der Waals surface area contributed by atoms with Crippen molar-refractivity contribution in [3.8, 4) is 5.75 Å². The van der Waals surface area contributed by atoms with E-state index in [1.807, 2.05) is 61.5 Å². The van der Waals surface area contributed by atoms with E-state index in [9.17, 15) is 9.59 Å². The molecule has 0 radical (unpaired) electrons. The van der Waals surface area contributed by atoms with Crippen LogP contribution < -0.4 is 4.74 Å². The van der Waals surface area contributed by atoms with E-state index in [0.717, 1.165) is 22.4 Å². The molecular formula is C23H26N2O3. The third-order valence-electron chi connectivity index (χ3n) is 5.04. The summed E-state index contributed by atoms with van der Waals surface area (Å²) in [5, 5.41) is 0. The number of nitrogens with zero attached hydrogens (tertiary/aromatic N) is 2. The van der Waals surface area contributed by atoms with Crippen molar-refractivity contribution >= 4 is 17.9 Å². The summed E-state index contributed by atoms with van der Waals surface area (Å²) >= 11 is 0. The van der Waals surface area contributed by atoms with Gasteiger partial charge in [0.15, 0.2) is 0 Å². The molecule has 146 valence electrons. The van der Waals surface area contributed by atoms with Gasteiger partial charge in [0.2, 0.25) is 11.8 Å². The van der Waals surface area contributed by atoms with Crippen LogP contribution in [0.4, 0.5) is 0 Å². The molecule has 1 aliphatic rings. The minimum atomic E-state index is -0.286. The highest BCUT2D eigenvalue weighted by molar-refractivity contribution is 5.81. The van der Waals surface area contributed by atoms with Crippen LogP contribution in [0.5, 0.6) is 5.75 Å². The van der Waals surface area contributed by atoms with Gasteiger partial charge in [-0.05, 0) is 35.8 Å². The van der Waals surface area contributed by atoms with Crippen molar-refractivity contribution in [2.24, 2.45) is 0 Å². The van der Waals surface area contributed by atoms with E-state index < -0.39 is 0 Å². The largest absolute Gasteiger partial charge is 0.491 e. The van der Waals surface area contributed by atoms with E-state index >= 15 is 0 Å². The maximum absolute atomic E-state index is 12.8. The number of amides is 2. The van der Waals surface area contributed by atoms with Gasteiger partial charge in [0.1, 0.15) is 12.4 Å². The zero-order valence-electron chi connectivity index (χ0n) is 16.6. The highest BCUT2D eigenvalue weighted by Gasteiger charge is 2.29. The first-order valence-electron chi connectivity index (χ1n) is 9.46. The van der Waals surface area contributed by atoms with Gasteiger partial charge in [-0.2, -0.15) is 0 Å². The van der Waals surface area contributed by atoms with Crippen molar-refractivity contribution in [3.63, 3.8) is 0 Å². The quantitative estimate of drug-likeness (QED) is 0.768. The summed E-state index contributed by atoms with van der Waals surface area (Å²) in [5.41, 5.74) is 3.11. The maximum atomic E-state index is 12.8. The van der Waals surface area contributed by atoms with Crippen molar-refractivity contribution < 1.29 is 14.3 Å². The minimum absolute atomic E-state index is 0.0188. The lowest BCUT2D eigenvalue weighted by molar-refractivity contribution is -0.134. The van der Waals surface area contributed by atoms with Crippen LogP contribution in [0, 0.1) is 6.92 Å². The number of rotatable bonds is 6. The summed E-state index contributed by atoms with van der Waals surface area (Å²) in [6.07, 6.45) is 3.92. The molecule has 2 aromatic rings. The molecule has 5 nitrogen and oxygen atoms in total. The Morgan fingerprint density at radius 2 is 1.82 bits per heavy atom. The van der Waals surface area contributed by atoms with E-state index in [-0.39, 0.29) is 24.3 Å². The van der Waals surface area contributed by atoms with Gasteiger partial charge < -0.3 is 14.5 Å². The average Bonchev–Trinajstić information content (AvgIpc) is 2.69. The van der Waals surface area contributed by atoms with Gasteiger partial charge in [0, 0.05) is 20.2 Å². The molecule has 0 bridgehead atoms. The fraction of sp³-hybridized carbons (Fsp3) is 0.304. The Morgan fingerprint density at radius 1 is 1.11 bits per heavy atom. The zero-order valence-corrected chi connectivity index (χ0v) is 16.6. The fourth-order valence-electron chi connectivity index (χ4n) is 3.37. The second kappa shape index (κ2) is 8.74. The van der Waals surface area contributed by atoms with Crippen LogP contribution in [0.25, 0.3) is 6.08 Å². The minimum Gasteiger partial charge on any atom is -0.491 e. The molecule has 1 atom stereocenters. The van der Waals surface area contributed by atoms with E-state index in [1.54, 1.807) is 23.0 Å². The van der Waals surface area contributed by atoms with Gasteiger partial charge in [-0.15, -0.1) is 0 Å². The van der Waals surface area contributed by atoms with Crippen LogP contribution in [-0.4, -0.2) is 41.8 Å². The molecule has 0 fully saturated rings. The van der Waals surface area contributed by atoms with Crippen LogP contribution in [0.3, 0.4) is 0 Å². The predicted molar refractivity (Wildman–Crippen MR) is 110 cm³/mol. The van der Waals surface area contributed by atoms with Crippen LogP contribution in [0.15, 0.2) is 54.7 Å². The van der Waals surface area contributed by atoms with Gasteiger partial charge >= 0.3 is 0 Å². The summed E-state index contributed by atoms with van der Waals surface area (Å²) in [6, 6.07) is 15.4. The number of benzene rings is 2. The van der Waals surface area contributed by atoms with Crippen LogP contribution >= 0.6 is 0 Å². The first kappa shape index (κ1) is 19.7. The molecular weight excluding hydrogens is 352 g/mol. The Kier molecular flexibility index (Phi) is 6.14. The Hall–Kier alpha value is -3.08. The first-order chi connectivity index (χ1) is 13.5. The number of hydrogen-bond donors (Lipinski definition) is 0. The van der Waals surface area contributed by atoms with Gasteiger partial charge in [-0.3, -0.25) is 9.59 Å². The molecule has 1 aliphatic heterocycles. The number of aryl methyl sites for hydroxylation is 1. The van der Waals surface area contributed by atoms with Gasteiger partial charge in [0.25, 0.3) is 0 Å². The number of ether oxygens (including phenoxy) is 1. The molecule has 2 amide bonds. The zero-order chi connectivity index (χ0) is 20.1. The molecule has 0 saturated heterocycles. The number of carbonyl (C=O) groups is 2. The summed E-state index contributed by atoms with van der Waals surface area (Å²) in [4.78, 5) is 28.2. The Balaban J connectivity index is 1.63. The molecule has 28 heavy (non-hydrogen) atoms. The molecule has 0 unspecified atom stereocenters. The average molecular weight is 378 g/mol. The Morgan fingerprint density at radius 3 is 2.57 bits per heavy atom. The smallest absolute Gasteiger partial charge is 0.224 e. The molecule has 0 N–H and O–H groups in total. The Bertz CT molecular complexity index is 891. The van der Waals surface area contributed by atoms with E-state index in [2.05, 4.69) is 0 Å². The van der Waals surface area contributed by atoms with E-state index in [1.165, 1.54) is 6.92 Å². The first-order valence-corrected chi connectivity index (χ1v) is 9.46. The van der Waals surface area contributed by atoms with Crippen molar-refractivity contribution in [2.75, 3.05) is 20.2 Å². The summed E-state index contributed by atoms with van der Waals surface area (Å²) in [6.45, 7) is 4.42. The summed E-state index contributed by atoms with van der Waals surface area (Å²) in [5.74, 6) is 0.737. The Labute approximate surface area is 166 Å². The van der Waals surface area contributed by atoms with Crippen molar-refractivity contribution in [1.82, 2.24) is 9.80 Å². The predicted octanol–water partition coefficient (Wildman–Crippen LogP) is 3.80. The van der Waals surface area contributed by atoms with Gasteiger partial charge in [-0.25, -0.2) is 0 Å². The number of likely N-dealkylation sites (N-methyl/N-ethyl adjacent to an activating group) is 1. The van der Waals surface area contributed by atoms with Gasteiger partial charge in [-0.1, -0.05) is 42.5 Å². The molecule has 1 heterocycles. The van der Waals surface area contributed by atoms with E-state index in [4.69, 9.17) is 4.74 Å². The second-order valence-corrected chi connectivity index (χ2v) is 7.02. The maximum Gasteiger partial charge on any atom is 0.224 e. The van der Waals surface area contributed by atoms with Crippen LogP contribution in [-0.2, 0) is 9.59 Å².